The van der Waals surface area contributed by atoms with Crippen molar-refractivity contribution in [2.45, 2.75) is 36.1 Å². The molecule has 1 unspecified atom stereocenters. The molecule has 1 rings (SSSR count). The van der Waals surface area contributed by atoms with Crippen LogP contribution >= 0.6 is 24.0 Å². The Labute approximate surface area is 85.9 Å². The van der Waals surface area contributed by atoms with Crippen molar-refractivity contribution in [3.05, 3.63) is 0 Å². The Morgan fingerprint density at radius 1 is 1.44 bits per heavy atom. The van der Waals surface area contributed by atoms with Crippen LogP contribution in [0.4, 0.5) is 0 Å². The molecule has 1 saturated heterocycles. The molecule has 1 fully saturated rings. The fourth-order valence-corrected chi connectivity index (χ4v) is 5.80. The first-order chi connectivity index (χ1) is 3.63. The molecular formula is C6H14ISiZn. The minimum Gasteiger partial charge on any atom is -0.107 e. The Kier molecular flexibility index (Phi) is 4.48. The van der Waals surface area contributed by atoms with Gasteiger partial charge in [-0.05, 0) is 0 Å². The first-order valence-corrected chi connectivity index (χ1v) is 8.46. The largest absolute Gasteiger partial charge is 0.107 e. The smallest absolute Gasteiger partial charge is 0.107 e. The third-order valence-corrected chi connectivity index (χ3v) is 14.4. The molecule has 51 valence electrons. The predicted molar refractivity (Wildman–Crippen MR) is 50.7 cm³/mol. The minimum absolute atomic E-state index is 0. The average molecular weight is 307 g/mol. The van der Waals surface area contributed by atoms with Crippen LogP contribution in [0.15, 0.2) is 0 Å². The quantitative estimate of drug-likeness (QED) is 0.477. The second kappa shape index (κ2) is 3.82. The van der Waals surface area contributed by atoms with Crippen LogP contribution in [0.5, 0.6) is 0 Å². The molecule has 0 nitrogen and oxygen atoms in total. The fourth-order valence-electron chi connectivity index (χ4n) is 1.40. The normalized spacial score (nSPS) is 31.8. The van der Waals surface area contributed by atoms with E-state index in [2.05, 4.69) is 13.1 Å². The van der Waals surface area contributed by atoms with Crippen molar-refractivity contribution in [1.82, 2.24) is 0 Å². The fraction of sp³-hybridized carbons (Fsp3) is 1.00. The van der Waals surface area contributed by atoms with E-state index in [1.165, 1.54) is 4.14 Å². The summed E-state index contributed by atoms with van der Waals surface area (Å²) in [6.07, 6.45) is 3.11. The van der Waals surface area contributed by atoms with Crippen molar-refractivity contribution in [3.63, 3.8) is 0 Å². The van der Waals surface area contributed by atoms with Crippen LogP contribution in [-0.4, -0.2) is 8.07 Å². The van der Waals surface area contributed by atoms with Gasteiger partial charge in [0, 0.05) is 0 Å². The third-order valence-electron chi connectivity index (χ3n) is 2.48. The van der Waals surface area contributed by atoms with Crippen LogP contribution in [0.2, 0.25) is 23.3 Å². The molecule has 1 aliphatic heterocycles. The van der Waals surface area contributed by atoms with Crippen molar-refractivity contribution < 1.29 is 18.3 Å². The van der Waals surface area contributed by atoms with Crippen LogP contribution in [0.3, 0.4) is 0 Å². The van der Waals surface area contributed by atoms with Gasteiger partial charge < -0.3 is 0 Å². The summed E-state index contributed by atoms with van der Waals surface area (Å²) in [5.41, 5.74) is 0. The predicted octanol–water partition coefficient (Wildman–Crippen LogP) is 2.98. The van der Waals surface area contributed by atoms with E-state index in [1.54, 1.807) is 37.2 Å². The molecule has 0 amide bonds. The molecule has 0 aromatic carbocycles. The standard InChI is InChI=1S/C6H13Si.HI.Zn/c1-7(2)5-3-4-6-7;;/h5H,3-4,6H2,1-2H3;1H;. The molecule has 1 aliphatic rings. The second-order valence-corrected chi connectivity index (χ2v) is 12.7. The van der Waals surface area contributed by atoms with Gasteiger partial charge >= 0.3 is 62.5 Å². The second-order valence-electron chi connectivity index (χ2n) is 3.58. The Balaban J connectivity index is 0.000000640. The van der Waals surface area contributed by atoms with Gasteiger partial charge in [-0.2, -0.15) is 0 Å². The van der Waals surface area contributed by atoms with Gasteiger partial charge in [-0.25, -0.2) is 0 Å². The maximum Gasteiger partial charge on any atom is -0.107 e. The molecule has 0 bridgehead atoms. The van der Waals surface area contributed by atoms with Crippen molar-refractivity contribution in [1.29, 1.82) is 0 Å². The zero-order valence-electron chi connectivity index (χ0n) is 6.31. The molecule has 0 radical (unpaired) electrons. The molecule has 0 N–H and O–H groups in total. The van der Waals surface area contributed by atoms with Gasteiger partial charge in [-0.15, -0.1) is 24.0 Å². The molecule has 0 saturated carbocycles. The molecule has 0 aromatic heterocycles. The van der Waals surface area contributed by atoms with Crippen LogP contribution in [0, 0.1) is 0 Å². The minimum atomic E-state index is -0.588. The summed E-state index contributed by atoms with van der Waals surface area (Å²) >= 11 is 1.57. The Morgan fingerprint density at radius 3 is 2.11 bits per heavy atom. The van der Waals surface area contributed by atoms with Crippen molar-refractivity contribution in [3.8, 4) is 0 Å². The maximum atomic E-state index is 2.55. The zero-order chi connectivity index (χ0) is 6.20. The van der Waals surface area contributed by atoms with E-state index in [0.29, 0.717) is 0 Å². The average Bonchev–Trinajstić information content (AvgIpc) is 1.86. The number of hydrogen-bond donors (Lipinski definition) is 0. The number of halogens is 1. The molecule has 1 heterocycles. The van der Waals surface area contributed by atoms with Gasteiger partial charge in [0.25, 0.3) is 0 Å². The monoisotopic (exact) mass is 305 g/mol. The molecule has 0 aliphatic carbocycles. The number of rotatable bonds is 0. The summed E-state index contributed by atoms with van der Waals surface area (Å²) in [5, 5.41) is 0. The van der Waals surface area contributed by atoms with Gasteiger partial charge in [0.15, 0.2) is 0 Å². The van der Waals surface area contributed by atoms with Gasteiger partial charge in [0.2, 0.25) is 0 Å². The Hall–Kier alpha value is 1.57. The van der Waals surface area contributed by atoms with E-state index in [4.69, 9.17) is 0 Å². The topological polar surface area (TPSA) is 0 Å². The first-order valence-electron chi connectivity index (χ1n) is 3.46. The summed E-state index contributed by atoms with van der Waals surface area (Å²) in [6.45, 7) is 5.10. The van der Waals surface area contributed by atoms with E-state index < -0.39 is 8.07 Å². The van der Waals surface area contributed by atoms with Crippen LogP contribution < -0.4 is 0 Å². The van der Waals surface area contributed by atoms with Crippen LogP contribution in [0.25, 0.3) is 0 Å². The van der Waals surface area contributed by atoms with Crippen LogP contribution in [0.1, 0.15) is 12.8 Å². The summed E-state index contributed by atoms with van der Waals surface area (Å²) < 4.78 is 1.22. The van der Waals surface area contributed by atoms with Gasteiger partial charge in [-0.1, -0.05) is 0 Å². The maximum absolute atomic E-state index is 2.55. The van der Waals surface area contributed by atoms with Crippen molar-refractivity contribution in [2.24, 2.45) is 0 Å². The van der Waals surface area contributed by atoms with Gasteiger partial charge in [-0.3, -0.25) is 0 Å². The molecule has 3 heteroatoms. The van der Waals surface area contributed by atoms with Gasteiger partial charge in [0.05, 0.1) is 0 Å². The molecular weight excluding hydrogens is 292 g/mol. The van der Waals surface area contributed by atoms with E-state index in [9.17, 15) is 0 Å². The summed E-state index contributed by atoms with van der Waals surface area (Å²) in [4.78, 5) is 0. The molecule has 0 aromatic rings. The SMILES string of the molecule is C[Si]1(C)CCC[CH]1[Zn].I. The van der Waals surface area contributed by atoms with Gasteiger partial charge in [0.1, 0.15) is 0 Å². The van der Waals surface area contributed by atoms with Crippen molar-refractivity contribution in [2.75, 3.05) is 0 Å². The summed E-state index contributed by atoms with van der Waals surface area (Å²) in [6, 6.07) is 1.61. The Morgan fingerprint density at radius 2 is 2.00 bits per heavy atom. The van der Waals surface area contributed by atoms with Crippen LogP contribution in [-0.2, 0) is 18.3 Å². The number of hydrogen-bond acceptors (Lipinski definition) is 0. The third kappa shape index (κ3) is 2.58. The zero-order valence-corrected chi connectivity index (χ0v) is 12.6. The molecule has 0 spiro atoms. The van der Waals surface area contributed by atoms with E-state index in [0.717, 1.165) is 0 Å². The summed E-state index contributed by atoms with van der Waals surface area (Å²) in [7, 11) is -0.588. The Bertz CT molecular complexity index is 95.1. The van der Waals surface area contributed by atoms with E-state index in [1.807, 2.05) is 0 Å². The first kappa shape index (κ1) is 10.6. The van der Waals surface area contributed by atoms with Crippen molar-refractivity contribution >= 4 is 32.1 Å². The summed E-state index contributed by atoms with van der Waals surface area (Å²) in [5.74, 6) is 0. The van der Waals surface area contributed by atoms with E-state index in [-0.39, 0.29) is 24.0 Å². The molecule has 1 atom stereocenters. The molecule has 9 heavy (non-hydrogen) atoms. The van der Waals surface area contributed by atoms with E-state index >= 15 is 0 Å².